The maximum atomic E-state index is 6.07. The molecule has 1 aliphatic heterocycles. The zero-order valence-electron chi connectivity index (χ0n) is 11.1. The topological polar surface area (TPSA) is 56.5 Å². The predicted octanol–water partition coefficient (Wildman–Crippen LogP) is 2.50. The predicted molar refractivity (Wildman–Crippen MR) is 74.0 cm³/mol. The normalized spacial score (nSPS) is 23.0. The molecule has 1 aliphatic rings. The fourth-order valence-corrected chi connectivity index (χ4v) is 2.26. The van der Waals surface area contributed by atoms with Gasteiger partial charge in [-0.15, -0.1) is 0 Å². The first-order valence-electron chi connectivity index (χ1n) is 6.59. The Labute approximate surface area is 108 Å². The molecule has 0 radical (unpaired) electrons. The molecule has 0 saturated carbocycles. The van der Waals surface area contributed by atoms with Gasteiger partial charge in [-0.2, -0.15) is 0 Å². The molecule has 0 amide bonds. The van der Waals surface area contributed by atoms with Crippen LogP contribution in [0.2, 0.25) is 0 Å². The molecule has 100 valence electrons. The summed E-state index contributed by atoms with van der Waals surface area (Å²) in [5.41, 5.74) is 7.70. The monoisotopic (exact) mass is 250 g/mol. The third-order valence-electron chi connectivity index (χ3n) is 3.45. The molecule has 1 saturated heterocycles. The van der Waals surface area contributed by atoms with Gasteiger partial charge in [0.1, 0.15) is 5.75 Å². The van der Waals surface area contributed by atoms with E-state index in [-0.39, 0.29) is 0 Å². The number of ether oxygens (including phenoxy) is 2. The van der Waals surface area contributed by atoms with Crippen molar-refractivity contribution < 1.29 is 9.47 Å². The second-order valence-electron chi connectivity index (χ2n) is 4.66. The summed E-state index contributed by atoms with van der Waals surface area (Å²) in [6, 6.07) is 5.84. The average molecular weight is 250 g/mol. The van der Waals surface area contributed by atoms with E-state index < -0.39 is 0 Å². The molecule has 18 heavy (non-hydrogen) atoms. The molecule has 4 heteroatoms. The maximum Gasteiger partial charge on any atom is 0.144 e. The fraction of sp³-hybridized carbons (Fsp3) is 0.571. The summed E-state index contributed by atoms with van der Waals surface area (Å²) in [6.07, 6.45) is 1.44. The van der Waals surface area contributed by atoms with Crippen molar-refractivity contribution in [2.75, 3.05) is 30.8 Å². The smallest absolute Gasteiger partial charge is 0.144 e. The summed E-state index contributed by atoms with van der Waals surface area (Å²) >= 11 is 0. The van der Waals surface area contributed by atoms with Gasteiger partial charge in [0.2, 0.25) is 0 Å². The first kappa shape index (κ1) is 13.0. The van der Waals surface area contributed by atoms with Crippen LogP contribution in [-0.4, -0.2) is 25.9 Å². The van der Waals surface area contributed by atoms with Crippen molar-refractivity contribution in [2.24, 2.45) is 5.92 Å². The van der Waals surface area contributed by atoms with Crippen LogP contribution in [0.4, 0.5) is 11.4 Å². The molecule has 0 bridgehead atoms. The molecular formula is C14H22N2O2. The Kier molecular flexibility index (Phi) is 4.31. The summed E-state index contributed by atoms with van der Waals surface area (Å²) in [6.45, 7) is 6.46. The van der Waals surface area contributed by atoms with Gasteiger partial charge < -0.3 is 20.5 Å². The number of nitrogens with two attached hydrogens (primary N) is 1. The lowest BCUT2D eigenvalue weighted by atomic mass is 10.0. The van der Waals surface area contributed by atoms with E-state index in [1.807, 2.05) is 25.1 Å². The van der Waals surface area contributed by atoms with Crippen LogP contribution < -0.4 is 15.8 Å². The van der Waals surface area contributed by atoms with Gasteiger partial charge in [-0.25, -0.2) is 0 Å². The lowest BCUT2D eigenvalue weighted by Crippen LogP contribution is -2.21. The van der Waals surface area contributed by atoms with Crippen molar-refractivity contribution in [3.8, 4) is 5.75 Å². The van der Waals surface area contributed by atoms with E-state index in [2.05, 4.69) is 12.2 Å². The second-order valence-corrected chi connectivity index (χ2v) is 4.66. The lowest BCUT2D eigenvalue weighted by Gasteiger charge is -2.17. The highest BCUT2D eigenvalue weighted by atomic mass is 16.5. The Morgan fingerprint density at radius 3 is 3.00 bits per heavy atom. The van der Waals surface area contributed by atoms with Gasteiger partial charge >= 0.3 is 0 Å². The van der Waals surface area contributed by atoms with Gasteiger partial charge in [0.25, 0.3) is 0 Å². The summed E-state index contributed by atoms with van der Waals surface area (Å²) in [5.74, 6) is 1.30. The molecule has 0 spiro atoms. The molecule has 1 aromatic carbocycles. The van der Waals surface area contributed by atoms with Crippen molar-refractivity contribution in [1.82, 2.24) is 0 Å². The molecule has 1 heterocycles. The number of nitrogen functional groups attached to an aromatic ring is 1. The van der Waals surface area contributed by atoms with Crippen LogP contribution in [-0.2, 0) is 4.74 Å². The van der Waals surface area contributed by atoms with Crippen molar-refractivity contribution in [3.05, 3.63) is 18.2 Å². The van der Waals surface area contributed by atoms with E-state index in [0.29, 0.717) is 24.3 Å². The molecule has 2 rings (SSSR count). The fourth-order valence-electron chi connectivity index (χ4n) is 2.26. The van der Waals surface area contributed by atoms with E-state index >= 15 is 0 Å². The Morgan fingerprint density at radius 1 is 1.50 bits per heavy atom. The highest BCUT2D eigenvalue weighted by molar-refractivity contribution is 5.72. The van der Waals surface area contributed by atoms with Crippen LogP contribution in [0.15, 0.2) is 18.2 Å². The largest absolute Gasteiger partial charge is 0.492 e. The SMILES string of the molecule is CCOc1cccc(NCC2CCOC2C)c1N. The van der Waals surface area contributed by atoms with Crippen LogP contribution in [0.5, 0.6) is 5.75 Å². The molecule has 2 unspecified atom stereocenters. The standard InChI is InChI=1S/C14H22N2O2/c1-3-17-13-6-4-5-12(14(13)15)16-9-11-7-8-18-10(11)2/h4-6,10-11,16H,3,7-9,15H2,1-2H3. The minimum atomic E-state index is 0.328. The minimum absolute atomic E-state index is 0.328. The molecule has 4 nitrogen and oxygen atoms in total. The number of para-hydroxylation sites is 1. The molecule has 0 aliphatic carbocycles. The van der Waals surface area contributed by atoms with Gasteiger partial charge in [0.05, 0.1) is 24.1 Å². The first-order valence-corrected chi connectivity index (χ1v) is 6.59. The average Bonchev–Trinajstić information content (AvgIpc) is 2.76. The zero-order valence-corrected chi connectivity index (χ0v) is 11.1. The number of anilines is 2. The van der Waals surface area contributed by atoms with Crippen LogP contribution in [0.3, 0.4) is 0 Å². The van der Waals surface area contributed by atoms with E-state index in [1.54, 1.807) is 0 Å². The Hall–Kier alpha value is -1.42. The van der Waals surface area contributed by atoms with Gasteiger partial charge in [0, 0.05) is 19.1 Å². The Balaban J connectivity index is 1.98. The molecule has 2 atom stereocenters. The number of hydrogen-bond acceptors (Lipinski definition) is 4. The van der Waals surface area contributed by atoms with Gasteiger partial charge in [0.15, 0.2) is 0 Å². The van der Waals surface area contributed by atoms with E-state index in [1.165, 1.54) is 0 Å². The number of benzene rings is 1. The van der Waals surface area contributed by atoms with Crippen molar-refractivity contribution in [3.63, 3.8) is 0 Å². The highest BCUT2D eigenvalue weighted by Gasteiger charge is 2.23. The summed E-state index contributed by atoms with van der Waals surface area (Å²) in [5, 5.41) is 3.40. The number of rotatable bonds is 5. The summed E-state index contributed by atoms with van der Waals surface area (Å²) in [4.78, 5) is 0. The van der Waals surface area contributed by atoms with Crippen molar-refractivity contribution in [1.29, 1.82) is 0 Å². The zero-order chi connectivity index (χ0) is 13.0. The highest BCUT2D eigenvalue weighted by Crippen LogP contribution is 2.30. The Bertz CT molecular complexity index is 395. The molecular weight excluding hydrogens is 228 g/mol. The third-order valence-corrected chi connectivity index (χ3v) is 3.45. The van der Waals surface area contributed by atoms with Crippen LogP contribution in [0.25, 0.3) is 0 Å². The summed E-state index contributed by atoms with van der Waals surface area (Å²) in [7, 11) is 0. The number of hydrogen-bond donors (Lipinski definition) is 2. The lowest BCUT2D eigenvalue weighted by molar-refractivity contribution is 0.108. The molecule has 0 aromatic heterocycles. The maximum absolute atomic E-state index is 6.07. The molecule has 1 aromatic rings. The summed E-state index contributed by atoms with van der Waals surface area (Å²) < 4.78 is 11.0. The van der Waals surface area contributed by atoms with Crippen LogP contribution >= 0.6 is 0 Å². The quantitative estimate of drug-likeness (QED) is 0.788. The van der Waals surface area contributed by atoms with Gasteiger partial charge in [-0.3, -0.25) is 0 Å². The van der Waals surface area contributed by atoms with Crippen LogP contribution in [0, 0.1) is 5.92 Å². The van der Waals surface area contributed by atoms with E-state index in [4.69, 9.17) is 15.2 Å². The third kappa shape index (κ3) is 2.88. The van der Waals surface area contributed by atoms with Crippen LogP contribution in [0.1, 0.15) is 20.3 Å². The van der Waals surface area contributed by atoms with E-state index in [0.717, 1.165) is 31.0 Å². The second kappa shape index (κ2) is 5.96. The van der Waals surface area contributed by atoms with Gasteiger partial charge in [-0.05, 0) is 32.4 Å². The van der Waals surface area contributed by atoms with E-state index in [9.17, 15) is 0 Å². The first-order chi connectivity index (χ1) is 8.72. The van der Waals surface area contributed by atoms with Gasteiger partial charge in [-0.1, -0.05) is 6.07 Å². The van der Waals surface area contributed by atoms with Crippen molar-refractivity contribution in [2.45, 2.75) is 26.4 Å². The number of nitrogens with one attached hydrogen (secondary N) is 1. The molecule has 1 fully saturated rings. The van der Waals surface area contributed by atoms with Crippen molar-refractivity contribution >= 4 is 11.4 Å². The molecule has 3 N–H and O–H groups in total. The minimum Gasteiger partial charge on any atom is -0.492 e. The Morgan fingerprint density at radius 2 is 2.33 bits per heavy atom.